The van der Waals surface area contributed by atoms with Crippen molar-refractivity contribution < 1.29 is 0 Å². The highest BCUT2D eigenvalue weighted by Crippen LogP contribution is 2.20. The van der Waals surface area contributed by atoms with Gasteiger partial charge in [-0.2, -0.15) is 10.5 Å². The van der Waals surface area contributed by atoms with Crippen LogP contribution < -0.4 is 0 Å². The van der Waals surface area contributed by atoms with Gasteiger partial charge in [0.05, 0.1) is 23.3 Å². The molecule has 0 radical (unpaired) electrons. The molecule has 0 aliphatic rings. The van der Waals surface area contributed by atoms with E-state index in [-0.39, 0.29) is 0 Å². The maximum atomic E-state index is 8.89. The number of hydrogen-bond acceptors (Lipinski definition) is 2. The quantitative estimate of drug-likeness (QED) is 0.787. The van der Waals surface area contributed by atoms with Gasteiger partial charge >= 0.3 is 0 Å². The maximum Gasteiger partial charge on any atom is 0.0995 e. The van der Waals surface area contributed by atoms with Gasteiger partial charge in [0.25, 0.3) is 0 Å². The lowest BCUT2D eigenvalue weighted by Crippen LogP contribution is -1.94. The first kappa shape index (κ1) is 11.2. The smallest absolute Gasteiger partial charge is 0.0995 e. The van der Waals surface area contributed by atoms with Gasteiger partial charge in [-0.15, -0.1) is 0 Å². The van der Waals surface area contributed by atoms with Crippen LogP contribution in [0.25, 0.3) is 0 Å². The van der Waals surface area contributed by atoms with E-state index in [2.05, 4.69) is 44.0 Å². The van der Waals surface area contributed by atoms with E-state index < -0.39 is 0 Å². The van der Waals surface area contributed by atoms with Gasteiger partial charge in [-0.3, -0.25) is 0 Å². The Balaban J connectivity index is 3.43. The summed E-state index contributed by atoms with van der Waals surface area (Å²) in [6.45, 7) is 0. The van der Waals surface area contributed by atoms with Crippen LogP contribution in [0.5, 0.6) is 0 Å². The van der Waals surface area contributed by atoms with Crippen molar-refractivity contribution in [3.05, 3.63) is 34.4 Å². The highest BCUT2D eigenvalue weighted by Gasteiger charge is 2.08. The fraction of sp³-hybridized carbons (Fsp3) is 0.200. The van der Waals surface area contributed by atoms with Crippen LogP contribution in [0.3, 0.4) is 0 Å². The molecule has 0 fully saturated rings. The second kappa shape index (κ2) is 5.14. The summed E-state index contributed by atoms with van der Waals surface area (Å²) in [6.07, 6.45) is 0. The molecule has 1 rings (SSSR count). The highest BCUT2D eigenvalue weighted by molar-refractivity contribution is 9.08. The molecule has 0 amide bonds. The van der Waals surface area contributed by atoms with Crippen LogP contribution >= 0.6 is 31.9 Å². The molecular formula is C10H6Br2N2. The summed E-state index contributed by atoms with van der Waals surface area (Å²) in [6, 6.07) is 7.78. The summed E-state index contributed by atoms with van der Waals surface area (Å²) < 4.78 is 0. The average Bonchev–Trinajstić information content (AvgIpc) is 2.26. The van der Waals surface area contributed by atoms with Crippen LogP contribution in [0.15, 0.2) is 12.1 Å². The standard InChI is InChI=1S/C10H6Br2N2/c11-3-7-1-8(5-13)10(4-12)9(2-7)6-14/h1-2H,3-4H2. The summed E-state index contributed by atoms with van der Waals surface area (Å²) in [5, 5.41) is 19.0. The molecule has 0 unspecified atom stereocenters. The summed E-state index contributed by atoms with van der Waals surface area (Å²) in [7, 11) is 0. The molecule has 0 N–H and O–H groups in total. The minimum Gasteiger partial charge on any atom is -0.192 e. The van der Waals surface area contributed by atoms with Crippen LogP contribution in [0.1, 0.15) is 22.3 Å². The van der Waals surface area contributed by atoms with Gasteiger partial charge in [-0.25, -0.2) is 0 Å². The molecule has 0 aliphatic carbocycles. The van der Waals surface area contributed by atoms with E-state index in [1.807, 2.05) is 0 Å². The Labute approximate surface area is 99.4 Å². The summed E-state index contributed by atoms with van der Waals surface area (Å²) in [5.74, 6) is 0. The van der Waals surface area contributed by atoms with Crippen molar-refractivity contribution in [2.45, 2.75) is 10.7 Å². The molecule has 0 spiro atoms. The van der Waals surface area contributed by atoms with Crippen LogP contribution in [0, 0.1) is 22.7 Å². The Morgan fingerprint density at radius 1 is 1.00 bits per heavy atom. The Morgan fingerprint density at radius 3 is 1.79 bits per heavy atom. The second-order valence-corrected chi connectivity index (χ2v) is 3.78. The molecule has 14 heavy (non-hydrogen) atoms. The van der Waals surface area contributed by atoms with Crippen molar-refractivity contribution >= 4 is 31.9 Å². The maximum absolute atomic E-state index is 8.89. The summed E-state index contributed by atoms with van der Waals surface area (Å²) in [4.78, 5) is 0. The first-order chi connectivity index (χ1) is 6.76. The number of benzene rings is 1. The van der Waals surface area contributed by atoms with Gasteiger partial charge in [-0.1, -0.05) is 31.9 Å². The lowest BCUT2D eigenvalue weighted by Gasteiger charge is -2.04. The molecule has 70 valence electrons. The molecule has 2 nitrogen and oxygen atoms in total. The molecule has 0 atom stereocenters. The molecule has 1 aromatic rings. The molecule has 0 heterocycles. The third-order valence-electron chi connectivity index (χ3n) is 1.84. The molecular weight excluding hydrogens is 308 g/mol. The van der Waals surface area contributed by atoms with E-state index in [1.165, 1.54) is 0 Å². The molecule has 4 heteroatoms. The number of hydrogen-bond donors (Lipinski definition) is 0. The van der Waals surface area contributed by atoms with Gasteiger partial charge < -0.3 is 0 Å². The Kier molecular flexibility index (Phi) is 4.13. The largest absolute Gasteiger partial charge is 0.192 e. The normalized spacial score (nSPS) is 9.14. The third kappa shape index (κ3) is 2.15. The first-order valence-electron chi connectivity index (χ1n) is 3.84. The lowest BCUT2D eigenvalue weighted by atomic mass is 10.0. The molecule has 0 bridgehead atoms. The van der Waals surface area contributed by atoms with E-state index in [9.17, 15) is 0 Å². The zero-order valence-corrected chi connectivity index (χ0v) is 10.4. The number of nitrogens with zero attached hydrogens (tertiary/aromatic N) is 2. The number of rotatable bonds is 2. The monoisotopic (exact) mass is 312 g/mol. The van der Waals surface area contributed by atoms with E-state index in [0.717, 1.165) is 11.1 Å². The van der Waals surface area contributed by atoms with Gasteiger partial charge in [0, 0.05) is 10.7 Å². The van der Waals surface area contributed by atoms with E-state index >= 15 is 0 Å². The van der Waals surface area contributed by atoms with Gasteiger partial charge in [0.2, 0.25) is 0 Å². The van der Waals surface area contributed by atoms with Crippen molar-refractivity contribution in [3.8, 4) is 12.1 Å². The third-order valence-corrected chi connectivity index (χ3v) is 3.05. The van der Waals surface area contributed by atoms with Crippen molar-refractivity contribution in [2.75, 3.05) is 0 Å². The predicted molar refractivity (Wildman–Crippen MR) is 61.1 cm³/mol. The van der Waals surface area contributed by atoms with Crippen LogP contribution in [0.4, 0.5) is 0 Å². The van der Waals surface area contributed by atoms with E-state index in [4.69, 9.17) is 10.5 Å². The fourth-order valence-electron chi connectivity index (χ4n) is 1.15. The van der Waals surface area contributed by atoms with Crippen LogP contribution in [-0.2, 0) is 10.7 Å². The number of halogens is 2. The van der Waals surface area contributed by atoms with E-state index in [0.29, 0.717) is 21.8 Å². The van der Waals surface area contributed by atoms with Crippen LogP contribution in [-0.4, -0.2) is 0 Å². The minimum absolute atomic E-state index is 0.529. The van der Waals surface area contributed by atoms with Crippen molar-refractivity contribution in [1.29, 1.82) is 10.5 Å². The fourth-order valence-corrected chi connectivity index (χ4v) is 2.08. The molecule has 0 saturated heterocycles. The minimum atomic E-state index is 0.529. The van der Waals surface area contributed by atoms with Crippen molar-refractivity contribution in [3.63, 3.8) is 0 Å². The van der Waals surface area contributed by atoms with Gasteiger partial charge in [-0.05, 0) is 23.3 Å². The van der Waals surface area contributed by atoms with Crippen LogP contribution in [0.2, 0.25) is 0 Å². The summed E-state index contributed by atoms with van der Waals surface area (Å²) >= 11 is 6.57. The Bertz CT molecular complexity index is 392. The SMILES string of the molecule is N#Cc1cc(CBr)cc(C#N)c1CBr. The van der Waals surface area contributed by atoms with Gasteiger partial charge in [0.1, 0.15) is 0 Å². The second-order valence-electron chi connectivity index (χ2n) is 2.66. The zero-order valence-electron chi connectivity index (χ0n) is 7.22. The average molecular weight is 314 g/mol. The molecule has 0 aliphatic heterocycles. The molecule has 1 aromatic carbocycles. The number of nitriles is 2. The molecule has 0 aromatic heterocycles. The first-order valence-corrected chi connectivity index (χ1v) is 6.09. The van der Waals surface area contributed by atoms with Crippen molar-refractivity contribution in [1.82, 2.24) is 0 Å². The lowest BCUT2D eigenvalue weighted by molar-refractivity contribution is 1.29. The zero-order chi connectivity index (χ0) is 10.6. The molecule has 0 saturated carbocycles. The Morgan fingerprint density at radius 2 is 1.50 bits per heavy atom. The predicted octanol–water partition coefficient (Wildman–Crippen LogP) is 3.22. The van der Waals surface area contributed by atoms with Gasteiger partial charge in [0.15, 0.2) is 0 Å². The van der Waals surface area contributed by atoms with E-state index in [1.54, 1.807) is 12.1 Å². The topological polar surface area (TPSA) is 47.6 Å². The highest BCUT2D eigenvalue weighted by atomic mass is 79.9. The Hall–Kier alpha value is -0.840. The summed E-state index contributed by atoms with van der Waals surface area (Å²) in [5.41, 5.74) is 2.84. The van der Waals surface area contributed by atoms with Crippen molar-refractivity contribution in [2.24, 2.45) is 0 Å². The number of alkyl halides is 2.